The molecule has 0 fully saturated rings. The van der Waals surface area contributed by atoms with Crippen molar-refractivity contribution in [3.05, 3.63) is 35.4 Å². The van der Waals surface area contributed by atoms with Crippen molar-refractivity contribution in [3.8, 4) is 0 Å². The van der Waals surface area contributed by atoms with Crippen LogP contribution in [0.1, 0.15) is 11.7 Å². The van der Waals surface area contributed by atoms with Crippen LogP contribution < -0.4 is 0 Å². The number of esters is 1. The zero-order valence-electron chi connectivity index (χ0n) is 8.29. The second-order valence-corrected chi connectivity index (χ2v) is 2.81. The van der Waals surface area contributed by atoms with Gasteiger partial charge in [0.2, 0.25) is 0 Å². The molecule has 1 aromatic carbocycles. The Morgan fingerprint density at radius 1 is 1.27 bits per heavy atom. The van der Waals surface area contributed by atoms with Gasteiger partial charge in [0.25, 0.3) is 0 Å². The predicted octanol–water partition coefficient (Wildman–Crippen LogP) is 1.83. The maximum absolute atomic E-state index is 12.9. The normalized spacial score (nSPS) is 12.3. The van der Waals surface area contributed by atoms with Crippen molar-refractivity contribution < 1.29 is 23.0 Å². The fraction of sp³-hybridized carbons (Fsp3) is 0.300. The zero-order chi connectivity index (χ0) is 11.4. The molecule has 0 aliphatic carbocycles. The van der Waals surface area contributed by atoms with Crippen LogP contribution in [0.3, 0.4) is 0 Å². The number of carbonyl (C=O) groups is 1. The first kappa shape index (κ1) is 11.6. The topological polar surface area (TPSA) is 35.5 Å². The van der Waals surface area contributed by atoms with Crippen molar-refractivity contribution in [1.82, 2.24) is 0 Å². The van der Waals surface area contributed by atoms with Gasteiger partial charge in [-0.15, -0.1) is 0 Å². The number of carbonyl (C=O) groups excluding carboxylic acids is 1. The highest BCUT2D eigenvalue weighted by molar-refractivity contribution is 5.76. The summed E-state index contributed by atoms with van der Waals surface area (Å²) in [7, 11) is 2.47. The van der Waals surface area contributed by atoms with E-state index in [0.29, 0.717) is 0 Å². The maximum Gasteiger partial charge on any atom is 0.339 e. The Morgan fingerprint density at radius 3 is 2.40 bits per heavy atom. The molecule has 0 saturated carbocycles. The van der Waals surface area contributed by atoms with E-state index >= 15 is 0 Å². The lowest BCUT2D eigenvalue weighted by molar-refractivity contribution is -0.152. The van der Waals surface area contributed by atoms with Crippen LogP contribution in [0, 0.1) is 11.6 Å². The zero-order valence-corrected chi connectivity index (χ0v) is 8.29. The van der Waals surface area contributed by atoms with Crippen LogP contribution in [0.2, 0.25) is 0 Å². The summed E-state index contributed by atoms with van der Waals surface area (Å²) < 4.78 is 34.7. The summed E-state index contributed by atoms with van der Waals surface area (Å²) in [4.78, 5) is 11.2. The van der Waals surface area contributed by atoms with Crippen molar-refractivity contribution in [2.45, 2.75) is 6.10 Å². The Labute approximate surface area is 85.6 Å². The van der Waals surface area contributed by atoms with Gasteiger partial charge in [-0.2, -0.15) is 0 Å². The van der Waals surface area contributed by atoms with E-state index in [1.807, 2.05) is 0 Å². The first-order chi connectivity index (χ1) is 7.10. The van der Waals surface area contributed by atoms with Crippen LogP contribution in [0.15, 0.2) is 18.2 Å². The Balaban J connectivity index is 3.02. The van der Waals surface area contributed by atoms with Gasteiger partial charge in [-0.1, -0.05) is 6.07 Å². The Morgan fingerprint density at radius 2 is 1.93 bits per heavy atom. The number of ether oxygens (including phenoxy) is 2. The highest BCUT2D eigenvalue weighted by atomic mass is 19.2. The van der Waals surface area contributed by atoms with E-state index in [0.717, 1.165) is 12.1 Å². The number of hydrogen-bond donors (Lipinski definition) is 0. The van der Waals surface area contributed by atoms with Gasteiger partial charge >= 0.3 is 5.97 Å². The van der Waals surface area contributed by atoms with E-state index in [2.05, 4.69) is 4.74 Å². The van der Waals surface area contributed by atoms with Gasteiger partial charge in [0.05, 0.1) is 7.11 Å². The molecule has 1 atom stereocenters. The molecule has 0 saturated heterocycles. The highest BCUT2D eigenvalue weighted by Crippen LogP contribution is 2.20. The Bertz CT molecular complexity index is 366. The lowest BCUT2D eigenvalue weighted by atomic mass is 10.1. The largest absolute Gasteiger partial charge is 0.467 e. The minimum atomic E-state index is -1.04. The van der Waals surface area contributed by atoms with Crippen molar-refractivity contribution in [1.29, 1.82) is 0 Å². The molecule has 0 heterocycles. The lowest BCUT2D eigenvalue weighted by Gasteiger charge is -2.12. The molecule has 0 radical (unpaired) electrons. The monoisotopic (exact) mass is 216 g/mol. The summed E-state index contributed by atoms with van der Waals surface area (Å²) in [6.45, 7) is 0. The SMILES string of the molecule is COC(=O)C(OC)c1ccc(F)c(F)c1. The Kier molecular flexibility index (Phi) is 3.74. The quantitative estimate of drug-likeness (QED) is 0.723. The van der Waals surface area contributed by atoms with Crippen LogP contribution >= 0.6 is 0 Å². The molecule has 0 aliphatic heterocycles. The molecule has 15 heavy (non-hydrogen) atoms. The molecule has 1 unspecified atom stereocenters. The van der Waals surface area contributed by atoms with Crippen molar-refractivity contribution >= 4 is 5.97 Å². The average Bonchev–Trinajstić information content (AvgIpc) is 2.24. The number of methoxy groups -OCH3 is 2. The smallest absolute Gasteiger partial charge is 0.339 e. The molecule has 0 aromatic heterocycles. The maximum atomic E-state index is 12.9. The molecular weight excluding hydrogens is 206 g/mol. The number of benzene rings is 1. The molecule has 82 valence electrons. The van der Waals surface area contributed by atoms with Gasteiger partial charge in [-0.05, 0) is 17.7 Å². The van der Waals surface area contributed by atoms with Gasteiger partial charge in [0.15, 0.2) is 17.7 Å². The van der Waals surface area contributed by atoms with Crippen LogP contribution in [0.4, 0.5) is 8.78 Å². The second-order valence-electron chi connectivity index (χ2n) is 2.81. The lowest BCUT2D eigenvalue weighted by Crippen LogP contribution is -2.16. The molecule has 1 rings (SSSR count). The summed E-state index contributed by atoms with van der Waals surface area (Å²) in [6, 6.07) is 3.10. The fourth-order valence-corrected chi connectivity index (χ4v) is 1.15. The van der Waals surface area contributed by atoms with E-state index in [-0.39, 0.29) is 5.56 Å². The van der Waals surface area contributed by atoms with E-state index in [9.17, 15) is 13.6 Å². The molecule has 0 spiro atoms. The third kappa shape index (κ3) is 2.50. The van der Waals surface area contributed by atoms with Gasteiger partial charge < -0.3 is 9.47 Å². The summed E-state index contributed by atoms with van der Waals surface area (Å²) in [5.74, 6) is -2.67. The number of halogens is 2. The third-order valence-electron chi connectivity index (χ3n) is 1.90. The molecule has 5 heteroatoms. The summed E-state index contributed by atoms with van der Waals surface area (Å²) in [5.41, 5.74) is 0.211. The molecular formula is C10H10F2O3. The minimum absolute atomic E-state index is 0.211. The standard InChI is InChI=1S/C10H10F2O3/c1-14-9(10(13)15-2)6-3-4-7(11)8(12)5-6/h3-5,9H,1-2H3. The van der Waals surface area contributed by atoms with Crippen molar-refractivity contribution in [3.63, 3.8) is 0 Å². The van der Waals surface area contributed by atoms with E-state index in [1.54, 1.807) is 0 Å². The molecule has 0 bridgehead atoms. The minimum Gasteiger partial charge on any atom is -0.467 e. The summed E-state index contributed by atoms with van der Waals surface area (Å²) in [5, 5.41) is 0. The van der Waals surface area contributed by atoms with Gasteiger partial charge in [-0.3, -0.25) is 0 Å². The highest BCUT2D eigenvalue weighted by Gasteiger charge is 2.21. The van der Waals surface area contributed by atoms with E-state index in [4.69, 9.17) is 4.74 Å². The second kappa shape index (κ2) is 4.84. The first-order valence-corrected chi connectivity index (χ1v) is 4.15. The Hall–Kier alpha value is -1.49. The molecule has 1 aromatic rings. The van der Waals surface area contributed by atoms with Crippen LogP contribution in [0.25, 0.3) is 0 Å². The molecule has 3 nitrogen and oxygen atoms in total. The summed E-state index contributed by atoms with van der Waals surface area (Å²) in [6.07, 6.45) is -1.04. The van der Waals surface area contributed by atoms with Crippen LogP contribution in [-0.2, 0) is 14.3 Å². The molecule has 0 aliphatic rings. The van der Waals surface area contributed by atoms with Crippen molar-refractivity contribution in [2.24, 2.45) is 0 Å². The van der Waals surface area contributed by atoms with Crippen molar-refractivity contribution in [2.75, 3.05) is 14.2 Å². The van der Waals surface area contributed by atoms with Crippen LogP contribution in [-0.4, -0.2) is 20.2 Å². The summed E-state index contributed by atoms with van der Waals surface area (Å²) >= 11 is 0. The first-order valence-electron chi connectivity index (χ1n) is 4.15. The van der Waals surface area contributed by atoms with E-state index in [1.165, 1.54) is 20.3 Å². The number of hydrogen-bond acceptors (Lipinski definition) is 3. The van der Waals surface area contributed by atoms with Gasteiger partial charge in [-0.25, -0.2) is 13.6 Å². The van der Waals surface area contributed by atoms with Crippen LogP contribution in [0.5, 0.6) is 0 Å². The van der Waals surface area contributed by atoms with Gasteiger partial charge in [0, 0.05) is 7.11 Å². The fourth-order valence-electron chi connectivity index (χ4n) is 1.15. The molecule has 0 amide bonds. The van der Waals surface area contributed by atoms with Gasteiger partial charge in [0.1, 0.15) is 0 Å². The number of rotatable bonds is 3. The predicted molar refractivity (Wildman–Crippen MR) is 48.1 cm³/mol. The third-order valence-corrected chi connectivity index (χ3v) is 1.90. The average molecular weight is 216 g/mol. The van der Waals surface area contributed by atoms with E-state index < -0.39 is 23.7 Å². The molecule has 0 N–H and O–H groups in total.